The van der Waals surface area contributed by atoms with Gasteiger partial charge in [-0.2, -0.15) is 0 Å². The van der Waals surface area contributed by atoms with Crippen LogP contribution in [0.25, 0.3) is 10.9 Å². The van der Waals surface area contributed by atoms with Crippen molar-refractivity contribution >= 4 is 16.7 Å². The highest BCUT2D eigenvalue weighted by Crippen LogP contribution is 2.21. The van der Waals surface area contributed by atoms with Gasteiger partial charge >= 0.3 is 0 Å². The van der Waals surface area contributed by atoms with Crippen molar-refractivity contribution < 1.29 is 0 Å². The summed E-state index contributed by atoms with van der Waals surface area (Å²) >= 11 is 0. The van der Waals surface area contributed by atoms with E-state index in [9.17, 15) is 0 Å². The third-order valence-electron chi connectivity index (χ3n) is 4.47. The SMILES string of the molecule is CN(Cc1cc2ccccc2nc1N)CC1CCCN1C. The highest BCUT2D eigenvalue weighted by atomic mass is 15.2. The first-order chi connectivity index (χ1) is 10.1. The van der Waals surface area contributed by atoms with Crippen molar-refractivity contribution in [1.82, 2.24) is 14.8 Å². The van der Waals surface area contributed by atoms with Gasteiger partial charge in [0.2, 0.25) is 0 Å². The van der Waals surface area contributed by atoms with Crippen molar-refractivity contribution in [3.05, 3.63) is 35.9 Å². The van der Waals surface area contributed by atoms with E-state index in [0.29, 0.717) is 11.9 Å². The lowest BCUT2D eigenvalue weighted by molar-refractivity contribution is 0.215. The van der Waals surface area contributed by atoms with Gasteiger partial charge in [-0.05, 0) is 45.6 Å². The maximum atomic E-state index is 6.12. The minimum atomic E-state index is 0.653. The fraction of sp³-hybridized carbons (Fsp3) is 0.471. The molecule has 0 radical (unpaired) electrons. The largest absolute Gasteiger partial charge is 0.383 e. The van der Waals surface area contributed by atoms with Crippen LogP contribution in [0.5, 0.6) is 0 Å². The van der Waals surface area contributed by atoms with Gasteiger partial charge in [0, 0.05) is 30.1 Å². The van der Waals surface area contributed by atoms with Crippen LogP contribution in [0, 0.1) is 0 Å². The van der Waals surface area contributed by atoms with Gasteiger partial charge in [-0.25, -0.2) is 4.98 Å². The number of nitrogen functional groups attached to an aromatic ring is 1. The Morgan fingerprint density at radius 3 is 2.95 bits per heavy atom. The molecule has 1 unspecified atom stereocenters. The molecule has 4 heteroatoms. The third kappa shape index (κ3) is 3.17. The van der Waals surface area contributed by atoms with E-state index in [1.54, 1.807) is 0 Å². The number of benzene rings is 1. The lowest BCUT2D eigenvalue weighted by Gasteiger charge is -2.26. The second-order valence-electron chi connectivity index (χ2n) is 6.20. The summed E-state index contributed by atoms with van der Waals surface area (Å²) in [5.41, 5.74) is 8.21. The van der Waals surface area contributed by atoms with Crippen molar-refractivity contribution in [1.29, 1.82) is 0 Å². The molecule has 1 aromatic heterocycles. The Kier molecular flexibility index (Phi) is 4.08. The smallest absolute Gasteiger partial charge is 0.128 e. The summed E-state index contributed by atoms with van der Waals surface area (Å²) < 4.78 is 0. The standard InChI is InChI=1S/C17H24N4/c1-20(12-15-7-5-9-21(15)2)11-14-10-13-6-3-4-8-16(13)19-17(14)18/h3-4,6,8,10,15H,5,7,9,11-12H2,1-2H3,(H2,18,19). The second-order valence-corrected chi connectivity index (χ2v) is 6.20. The van der Waals surface area contributed by atoms with Gasteiger partial charge in [-0.15, -0.1) is 0 Å². The predicted molar refractivity (Wildman–Crippen MR) is 88.1 cm³/mol. The summed E-state index contributed by atoms with van der Waals surface area (Å²) in [5.74, 6) is 0.653. The number of nitrogens with two attached hydrogens (primary N) is 1. The summed E-state index contributed by atoms with van der Waals surface area (Å²) in [4.78, 5) is 9.33. The summed E-state index contributed by atoms with van der Waals surface area (Å²) in [6, 6.07) is 11.0. The van der Waals surface area contributed by atoms with Gasteiger partial charge in [0.25, 0.3) is 0 Å². The Bertz CT molecular complexity index is 625. The maximum Gasteiger partial charge on any atom is 0.128 e. The summed E-state index contributed by atoms with van der Waals surface area (Å²) in [6.07, 6.45) is 2.61. The van der Waals surface area contributed by atoms with E-state index < -0.39 is 0 Å². The Labute approximate surface area is 126 Å². The van der Waals surface area contributed by atoms with Gasteiger partial charge in [0.15, 0.2) is 0 Å². The first kappa shape index (κ1) is 14.3. The van der Waals surface area contributed by atoms with Crippen LogP contribution in [0.1, 0.15) is 18.4 Å². The van der Waals surface area contributed by atoms with Crippen LogP contribution in [-0.4, -0.2) is 48.0 Å². The van der Waals surface area contributed by atoms with Crippen LogP contribution in [0.3, 0.4) is 0 Å². The lowest BCUT2D eigenvalue weighted by Crippen LogP contribution is -2.36. The molecule has 21 heavy (non-hydrogen) atoms. The van der Waals surface area contributed by atoms with Gasteiger partial charge < -0.3 is 15.5 Å². The first-order valence-corrected chi connectivity index (χ1v) is 7.66. The van der Waals surface area contributed by atoms with E-state index in [-0.39, 0.29) is 0 Å². The third-order valence-corrected chi connectivity index (χ3v) is 4.47. The molecule has 1 fully saturated rings. The Hall–Kier alpha value is -1.65. The number of anilines is 1. The number of hydrogen-bond donors (Lipinski definition) is 1. The summed E-state index contributed by atoms with van der Waals surface area (Å²) in [7, 11) is 4.39. The Morgan fingerprint density at radius 2 is 2.19 bits per heavy atom. The first-order valence-electron chi connectivity index (χ1n) is 7.66. The molecule has 112 valence electrons. The van der Waals surface area contributed by atoms with Gasteiger partial charge in [0.1, 0.15) is 5.82 Å². The molecule has 1 saturated heterocycles. The highest BCUT2D eigenvalue weighted by Gasteiger charge is 2.22. The van der Waals surface area contributed by atoms with E-state index in [1.807, 2.05) is 18.2 Å². The van der Waals surface area contributed by atoms with Crippen molar-refractivity contribution in [3.63, 3.8) is 0 Å². The molecule has 0 bridgehead atoms. The zero-order valence-electron chi connectivity index (χ0n) is 12.9. The molecule has 2 N–H and O–H groups in total. The second kappa shape index (κ2) is 6.00. The zero-order chi connectivity index (χ0) is 14.8. The molecule has 1 aliphatic heterocycles. The molecule has 4 nitrogen and oxygen atoms in total. The maximum absolute atomic E-state index is 6.12. The van der Waals surface area contributed by atoms with Crippen LogP contribution in [0.4, 0.5) is 5.82 Å². The van der Waals surface area contributed by atoms with Crippen molar-refractivity contribution in [2.75, 3.05) is 32.9 Å². The van der Waals surface area contributed by atoms with Crippen molar-refractivity contribution in [2.45, 2.75) is 25.4 Å². The normalized spacial score (nSPS) is 19.7. The number of nitrogens with zero attached hydrogens (tertiary/aromatic N) is 3. The van der Waals surface area contributed by atoms with E-state index in [0.717, 1.165) is 29.6 Å². The van der Waals surface area contributed by atoms with E-state index in [4.69, 9.17) is 5.73 Å². The van der Waals surface area contributed by atoms with E-state index in [2.05, 4.69) is 41.0 Å². The van der Waals surface area contributed by atoms with Crippen LogP contribution in [-0.2, 0) is 6.54 Å². The van der Waals surface area contributed by atoms with Gasteiger partial charge in [-0.1, -0.05) is 18.2 Å². The molecule has 1 atom stereocenters. The molecule has 0 saturated carbocycles. The summed E-state index contributed by atoms with van der Waals surface area (Å²) in [6.45, 7) is 3.16. The van der Waals surface area contributed by atoms with Crippen molar-refractivity contribution in [3.8, 4) is 0 Å². The molecule has 2 aromatic rings. The molecule has 2 heterocycles. The monoisotopic (exact) mass is 284 g/mol. The average Bonchev–Trinajstić information content (AvgIpc) is 2.85. The van der Waals surface area contributed by atoms with Gasteiger partial charge in [0.05, 0.1) is 5.52 Å². The van der Waals surface area contributed by atoms with Crippen LogP contribution in [0.2, 0.25) is 0 Å². The molecular formula is C17H24N4. The van der Waals surface area contributed by atoms with E-state index in [1.165, 1.54) is 19.4 Å². The summed E-state index contributed by atoms with van der Waals surface area (Å²) in [5, 5.41) is 1.16. The number of pyridine rings is 1. The molecular weight excluding hydrogens is 260 g/mol. The number of likely N-dealkylation sites (N-methyl/N-ethyl adjacent to an activating group) is 2. The van der Waals surface area contributed by atoms with Crippen molar-refractivity contribution in [2.24, 2.45) is 0 Å². The Morgan fingerprint density at radius 1 is 1.38 bits per heavy atom. The van der Waals surface area contributed by atoms with Crippen LogP contribution in [0.15, 0.2) is 30.3 Å². The van der Waals surface area contributed by atoms with E-state index >= 15 is 0 Å². The molecule has 1 aliphatic rings. The Balaban J connectivity index is 1.73. The minimum absolute atomic E-state index is 0.653. The van der Waals surface area contributed by atoms with Gasteiger partial charge in [-0.3, -0.25) is 0 Å². The molecule has 0 amide bonds. The quantitative estimate of drug-likeness (QED) is 0.936. The number of rotatable bonds is 4. The fourth-order valence-corrected chi connectivity index (χ4v) is 3.23. The van der Waals surface area contributed by atoms with Crippen LogP contribution < -0.4 is 5.73 Å². The zero-order valence-corrected chi connectivity index (χ0v) is 12.9. The topological polar surface area (TPSA) is 45.4 Å². The highest BCUT2D eigenvalue weighted by molar-refractivity contribution is 5.81. The average molecular weight is 284 g/mol. The minimum Gasteiger partial charge on any atom is -0.383 e. The fourth-order valence-electron chi connectivity index (χ4n) is 3.23. The number of aromatic nitrogens is 1. The van der Waals surface area contributed by atoms with Crippen LogP contribution >= 0.6 is 0 Å². The molecule has 0 aliphatic carbocycles. The molecule has 0 spiro atoms. The molecule has 3 rings (SSSR count). The number of fused-ring (bicyclic) bond motifs is 1. The number of para-hydroxylation sites is 1. The molecule has 1 aromatic carbocycles. The predicted octanol–water partition coefficient (Wildman–Crippen LogP) is 2.34. The number of hydrogen-bond acceptors (Lipinski definition) is 4. The number of likely N-dealkylation sites (tertiary alicyclic amines) is 1. The lowest BCUT2D eigenvalue weighted by atomic mass is 10.1.